The van der Waals surface area contributed by atoms with Crippen LogP contribution in [0.3, 0.4) is 0 Å². The summed E-state index contributed by atoms with van der Waals surface area (Å²) in [5.41, 5.74) is 1.40. The lowest BCUT2D eigenvalue weighted by Gasteiger charge is -2.56. The summed E-state index contributed by atoms with van der Waals surface area (Å²) >= 11 is 0. The Morgan fingerprint density at radius 1 is 1.21 bits per heavy atom. The Hall–Kier alpha value is -1.27. The van der Waals surface area contributed by atoms with E-state index < -0.39 is 5.60 Å². The number of hydrogen-bond acceptors (Lipinski definition) is 3. The summed E-state index contributed by atoms with van der Waals surface area (Å²) in [7, 11) is 0. The molecule has 3 fully saturated rings. The molecular weight excluding hydrogens is 298 g/mol. The number of rotatable bonds is 1. The van der Waals surface area contributed by atoms with Gasteiger partial charge >= 0.3 is 0 Å². The first-order valence-corrected chi connectivity index (χ1v) is 9.70. The van der Waals surface area contributed by atoms with E-state index >= 15 is 0 Å². The molecule has 0 aromatic rings. The van der Waals surface area contributed by atoms with E-state index in [1.165, 1.54) is 18.4 Å². The van der Waals surface area contributed by atoms with E-state index in [4.69, 9.17) is 11.6 Å². The first-order valence-electron chi connectivity index (χ1n) is 9.70. The largest absolute Gasteiger partial charge is 0.411 e. The molecule has 3 heteroatoms. The number of aliphatic hydroxyl groups is 1. The average Bonchev–Trinajstić information content (AvgIpc) is 2.94. The number of fused-ring (bicyclic) bond motifs is 5. The van der Waals surface area contributed by atoms with Crippen molar-refractivity contribution in [1.82, 2.24) is 0 Å². The van der Waals surface area contributed by atoms with Crippen molar-refractivity contribution in [2.75, 3.05) is 0 Å². The van der Waals surface area contributed by atoms with E-state index in [0.717, 1.165) is 56.6 Å². The summed E-state index contributed by atoms with van der Waals surface area (Å²) < 4.78 is 0. The van der Waals surface area contributed by atoms with Crippen LogP contribution in [-0.4, -0.2) is 21.6 Å². The van der Waals surface area contributed by atoms with Gasteiger partial charge in [0.1, 0.15) is 5.60 Å². The molecule has 4 aliphatic rings. The number of terminal acetylenes is 1. The van der Waals surface area contributed by atoms with Crippen LogP contribution < -0.4 is 0 Å². The normalized spacial score (nSPS) is 48.9. The molecule has 0 bridgehead atoms. The zero-order valence-electron chi connectivity index (χ0n) is 14.7. The van der Waals surface area contributed by atoms with Crippen molar-refractivity contribution in [3.05, 3.63) is 11.6 Å². The molecule has 0 aliphatic heterocycles. The minimum Gasteiger partial charge on any atom is -0.411 e. The van der Waals surface area contributed by atoms with Gasteiger partial charge in [-0.25, -0.2) is 0 Å². The van der Waals surface area contributed by atoms with Gasteiger partial charge in [0.15, 0.2) is 0 Å². The standard InChI is InChI=1S/C21H29NO2/c1-3-20-11-9-17-16-8-6-15(22-24)13-14(16)5-7-18(17)19(20)10-12-21(20,23)4-2/h2,13,16-19,23-24H,3,5-12H2,1H3/b22-15+/t16-,17+,18+,19-,20-,21+/m0/s1. The highest BCUT2D eigenvalue weighted by molar-refractivity contribution is 5.96. The minimum atomic E-state index is -0.892. The zero-order chi connectivity index (χ0) is 16.9. The summed E-state index contributed by atoms with van der Waals surface area (Å²) in [5.74, 6) is 5.47. The Kier molecular flexibility index (Phi) is 3.80. The zero-order valence-corrected chi connectivity index (χ0v) is 14.7. The van der Waals surface area contributed by atoms with Gasteiger partial charge in [0, 0.05) is 5.41 Å². The van der Waals surface area contributed by atoms with Gasteiger partial charge in [0.25, 0.3) is 0 Å². The molecule has 0 saturated heterocycles. The highest BCUT2D eigenvalue weighted by Crippen LogP contribution is 2.66. The Balaban J connectivity index is 1.65. The smallest absolute Gasteiger partial charge is 0.131 e. The third-order valence-electron chi connectivity index (χ3n) is 8.16. The SMILES string of the molecule is C#C[C@@]1(O)CC[C@H]2[C@@H]3CCC4=C/C(=N/O)CC[C@@H]4[C@H]3CC[C@@]21CC. The lowest BCUT2D eigenvalue weighted by molar-refractivity contribution is -0.0989. The molecule has 0 aromatic carbocycles. The number of hydrogen-bond donors (Lipinski definition) is 2. The maximum absolute atomic E-state index is 11.1. The van der Waals surface area contributed by atoms with Gasteiger partial charge in [-0.05, 0) is 87.5 Å². The van der Waals surface area contributed by atoms with Crippen LogP contribution in [0.1, 0.15) is 64.7 Å². The average molecular weight is 327 g/mol. The second-order valence-corrected chi connectivity index (χ2v) is 8.52. The van der Waals surface area contributed by atoms with E-state index in [1.807, 2.05) is 0 Å². The Labute approximate surface area is 145 Å². The van der Waals surface area contributed by atoms with Crippen molar-refractivity contribution in [2.24, 2.45) is 34.2 Å². The van der Waals surface area contributed by atoms with Crippen LogP contribution in [0.5, 0.6) is 0 Å². The summed E-state index contributed by atoms with van der Waals surface area (Å²) in [6.07, 6.45) is 17.4. The second kappa shape index (κ2) is 5.63. The number of nitrogens with zero attached hydrogens (tertiary/aromatic N) is 1. The fourth-order valence-electron chi connectivity index (χ4n) is 7.05. The molecule has 3 nitrogen and oxygen atoms in total. The van der Waals surface area contributed by atoms with E-state index in [-0.39, 0.29) is 5.41 Å². The van der Waals surface area contributed by atoms with Crippen molar-refractivity contribution in [3.63, 3.8) is 0 Å². The fourth-order valence-corrected chi connectivity index (χ4v) is 7.05. The molecule has 0 heterocycles. The van der Waals surface area contributed by atoms with Crippen LogP contribution in [0, 0.1) is 41.4 Å². The van der Waals surface area contributed by atoms with Crippen LogP contribution in [0.15, 0.2) is 16.8 Å². The first kappa shape index (κ1) is 16.2. The molecule has 3 saturated carbocycles. The lowest BCUT2D eigenvalue weighted by Crippen LogP contribution is -2.53. The van der Waals surface area contributed by atoms with E-state index in [2.05, 4.69) is 24.1 Å². The van der Waals surface area contributed by atoms with Gasteiger partial charge in [-0.15, -0.1) is 6.42 Å². The van der Waals surface area contributed by atoms with Gasteiger partial charge in [0.2, 0.25) is 0 Å². The number of allylic oxidation sites excluding steroid dienone is 2. The first-order chi connectivity index (χ1) is 11.6. The molecule has 2 N–H and O–H groups in total. The monoisotopic (exact) mass is 327 g/mol. The van der Waals surface area contributed by atoms with Gasteiger partial charge in [0.05, 0.1) is 5.71 Å². The van der Waals surface area contributed by atoms with Crippen LogP contribution >= 0.6 is 0 Å². The molecule has 0 radical (unpaired) electrons. The summed E-state index contributed by atoms with van der Waals surface area (Å²) in [4.78, 5) is 0. The van der Waals surface area contributed by atoms with Gasteiger partial charge in [-0.1, -0.05) is 23.6 Å². The fraction of sp³-hybridized carbons (Fsp3) is 0.762. The molecule has 0 spiro atoms. The number of oxime groups is 1. The maximum atomic E-state index is 11.1. The summed E-state index contributed by atoms with van der Waals surface area (Å²) in [6.45, 7) is 2.22. The third kappa shape index (κ3) is 1.99. The van der Waals surface area contributed by atoms with Crippen molar-refractivity contribution < 1.29 is 10.3 Å². The molecule has 4 aliphatic carbocycles. The Bertz CT molecular complexity index is 630. The molecule has 6 atom stereocenters. The van der Waals surface area contributed by atoms with Crippen molar-refractivity contribution >= 4 is 5.71 Å². The maximum Gasteiger partial charge on any atom is 0.131 e. The van der Waals surface area contributed by atoms with Crippen molar-refractivity contribution in [3.8, 4) is 12.3 Å². The van der Waals surface area contributed by atoms with Gasteiger partial charge in [-0.3, -0.25) is 0 Å². The molecule has 0 aromatic heterocycles. The predicted octanol–water partition coefficient (Wildman–Crippen LogP) is 4.14. The Morgan fingerprint density at radius 3 is 2.75 bits per heavy atom. The van der Waals surface area contributed by atoms with E-state index in [0.29, 0.717) is 17.8 Å². The predicted molar refractivity (Wildman–Crippen MR) is 94.7 cm³/mol. The van der Waals surface area contributed by atoms with E-state index in [9.17, 15) is 5.11 Å². The van der Waals surface area contributed by atoms with Crippen LogP contribution in [-0.2, 0) is 0 Å². The molecule has 0 unspecified atom stereocenters. The summed E-state index contributed by atoms with van der Waals surface area (Å²) in [5, 5.41) is 23.7. The lowest BCUT2D eigenvalue weighted by atomic mass is 9.49. The third-order valence-corrected chi connectivity index (χ3v) is 8.16. The van der Waals surface area contributed by atoms with Gasteiger partial charge in [-0.2, -0.15) is 0 Å². The quantitative estimate of drug-likeness (QED) is 0.432. The molecule has 130 valence electrons. The Morgan fingerprint density at radius 2 is 2.04 bits per heavy atom. The molecule has 0 amide bonds. The highest BCUT2D eigenvalue weighted by atomic mass is 16.4. The highest BCUT2D eigenvalue weighted by Gasteiger charge is 2.63. The topological polar surface area (TPSA) is 52.8 Å². The van der Waals surface area contributed by atoms with Gasteiger partial charge < -0.3 is 10.3 Å². The van der Waals surface area contributed by atoms with Crippen LogP contribution in [0.4, 0.5) is 0 Å². The molecule has 4 rings (SSSR count). The minimum absolute atomic E-state index is 0.0590. The van der Waals surface area contributed by atoms with Crippen LogP contribution in [0.25, 0.3) is 0 Å². The summed E-state index contributed by atoms with van der Waals surface area (Å²) in [6, 6.07) is 0. The van der Waals surface area contributed by atoms with Crippen molar-refractivity contribution in [1.29, 1.82) is 0 Å². The van der Waals surface area contributed by atoms with Crippen LogP contribution in [0.2, 0.25) is 0 Å². The van der Waals surface area contributed by atoms with Crippen molar-refractivity contribution in [2.45, 2.75) is 70.3 Å². The second-order valence-electron chi connectivity index (χ2n) is 8.52. The molecule has 24 heavy (non-hydrogen) atoms. The van der Waals surface area contributed by atoms with E-state index in [1.54, 1.807) is 0 Å². The molecular formula is C21H29NO2.